The molecule has 4 fully saturated rings. The SMILES string of the molecule is C[C@H]1CCC[C@]2(C)C[C@H]3OC(=O)[C@@H](CN4CCC(N5CCCCC5)CC4)[C@H]3C=C12. The molecule has 0 unspecified atom stereocenters. The first-order valence-corrected chi connectivity index (χ1v) is 12.4. The molecule has 3 aliphatic heterocycles. The van der Waals surface area contributed by atoms with Crippen LogP contribution in [0.1, 0.15) is 71.6 Å². The lowest BCUT2D eigenvalue weighted by Crippen LogP contribution is -2.48. The van der Waals surface area contributed by atoms with E-state index in [1.54, 1.807) is 5.57 Å². The minimum Gasteiger partial charge on any atom is -0.461 e. The second-order valence-corrected chi connectivity index (χ2v) is 11.0. The summed E-state index contributed by atoms with van der Waals surface area (Å²) in [6.45, 7) is 10.6. The van der Waals surface area contributed by atoms with Gasteiger partial charge in [-0.1, -0.05) is 38.3 Å². The molecule has 3 saturated heterocycles. The summed E-state index contributed by atoms with van der Waals surface area (Å²) in [5.41, 5.74) is 1.90. The standard InChI is InChI=1S/C25H40N2O2/c1-18-7-6-10-25(2)16-23-20(15-22(18)25)21(24(28)29-23)17-26-13-8-19(9-14-26)27-11-4-3-5-12-27/h15,18-21,23H,3-14,16-17H2,1-2H3/t18-,20+,21-,23+,25+/m0/s1. The van der Waals surface area contributed by atoms with Gasteiger partial charge >= 0.3 is 5.97 Å². The molecule has 4 heteroatoms. The van der Waals surface area contributed by atoms with E-state index >= 15 is 0 Å². The van der Waals surface area contributed by atoms with Gasteiger partial charge in [-0.15, -0.1) is 0 Å². The third-order valence-corrected chi connectivity index (χ3v) is 9.00. The topological polar surface area (TPSA) is 32.8 Å². The lowest BCUT2D eigenvalue weighted by atomic mass is 9.59. The molecular weight excluding hydrogens is 360 g/mol. The molecule has 2 aliphatic carbocycles. The number of allylic oxidation sites excluding steroid dienone is 1. The Bertz CT molecular complexity index is 647. The molecule has 5 atom stereocenters. The van der Waals surface area contributed by atoms with Crippen LogP contribution in [0.4, 0.5) is 0 Å². The maximum absolute atomic E-state index is 12.8. The van der Waals surface area contributed by atoms with Gasteiger partial charge in [-0.05, 0) is 82.5 Å². The molecule has 0 radical (unpaired) electrons. The molecular formula is C25H40N2O2. The molecule has 3 heterocycles. The molecule has 0 bridgehead atoms. The maximum Gasteiger partial charge on any atom is 0.311 e. The molecule has 0 N–H and O–H groups in total. The van der Waals surface area contributed by atoms with Gasteiger partial charge in [-0.2, -0.15) is 0 Å². The van der Waals surface area contributed by atoms with Crippen LogP contribution >= 0.6 is 0 Å². The van der Waals surface area contributed by atoms with Gasteiger partial charge in [0.25, 0.3) is 0 Å². The average Bonchev–Trinajstić information content (AvgIpc) is 3.01. The van der Waals surface area contributed by atoms with E-state index in [9.17, 15) is 4.79 Å². The van der Waals surface area contributed by atoms with Crippen molar-refractivity contribution in [2.24, 2.45) is 23.2 Å². The number of piperidine rings is 2. The fourth-order valence-corrected chi connectivity index (χ4v) is 7.29. The van der Waals surface area contributed by atoms with Crippen molar-refractivity contribution in [1.82, 2.24) is 9.80 Å². The number of fused-ring (bicyclic) bond motifs is 2. The zero-order valence-corrected chi connectivity index (χ0v) is 18.6. The minimum absolute atomic E-state index is 0.0534. The van der Waals surface area contributed by atoms with E-state index in [-0.39, 0.29) is 23.4 Å². The molecule has 29 heavy (non-hydrogen) atoms. The van der Waals surface area contributed by atoms with Gasteiger partial charge in [0.1, 0.15) is 6.10 Å². The van der Waals surface area contributed by atoms with Crippen molar-refractivity contribution in [1.29, 1.82) is 0 Å². The summed E-state index contributed by atoms with van der Waals surface area (Å²) in [4.78, 5) is 18.1. The molecule has 5 rings (SSSR count). The molecule has 0 aromatic rings. The van der Waals surface area contributed by atoms with Crippen molar-refractivity contribution >= 4 is 5.97 Å². The Kier molecular flexibility index (Phi) is 5.53. The zero-order chi connectivity index (χ0) is 20.0. The van der Waals surface area contributed by atoms with Crippen LogP contribution < -0.4 is 0 Å². The molecule has 162 valence electrons. The summed E-state index contributed by atoms with van der Waals surface area (Å²) in [7, 11) is 0. The van der Waals surface area contributed by atoms with E-state index in [2.05, 4.69) is 29.7 Å². The van der Waals surface area contributed by atoms with E-state index in [1.165, 1.54) is 64.5 Å². The lowest BCUT2D eigenvalue weighted by molar-refractivity contribution is -0.145. The Morgan fingerprint density at radius 1 is 1.07 bits per heavy atom. The van der Waals surface area contributed by atoms with E-state index in [4.69, 9.17) is 4.74 Å². The van der Waals surface area contributed by atoms with Crippen LogP contribution in [-0.4, -0.2) is 60.6 Å². The number of nitrogens with zero attached hydrogens (tertiary/aromatic N) is 2. The predicted molar refractivity (Wildman–Crippen MR) is 116 cm³/mol. The van der Waals surface area contributed by atoms with E-state index in [1.807, 2.05) is 0 Å². The van der Waals surface area contributed by atoms with Crippen LogP contribution in [0.25, 0.3) is 0 Å². The molecule has 0 spiro atoms. The maximum atomic E-state index is 12.8. The van der Waals surface area contributed by atoms with Gasteiger partial charge in [0.15, 0.2) is 0 Å². The Morgan fingerprint density at radius 3 is 2.59 bits per heavy atom. The number of ether oxygens (including phenoxy) is 1. The molecule has 0 aromatic carbocycles. The number of carbonyl (C=O) groups is 1. The van der Waals surface area contributed by atoms with E-state index in [0.29, 0.717) is 11.8 Å². The predicted octanol–water partition coefficient (Wildman–Crippen LogP) is 4.25. The summed E-state index contributed by atoms with van der Waals surface area (Å²) in [6, 6.07) is 0.774. The molecule has 0 aromatic heterocycles. The highest BCUT2D eigenvalue weighted by Gasteiger charge is 2.52. The molecule has 0 amide bonds. The van der Waals surface area contributed by atoms with Crippen LogP contribution in [0.5, 0.6) is 0 Å². The first-order chi connectivity index (χ1) is 14.0. The fourth-order valence-electron chi connectivity index (χ4n) is 7.29. The Hall–Kier alpha value is -0.870. The van der Waals surface area contributed by atoms with Crippen LogP contribution in [0, 0.1) is 23.2 Å². The normalized spacial score (nSPS) is 42.1. The Labute approximate surface area is 177 Å². The minimum atomic E-state index is 0.0534. The van der Waals surface area contributed by atoms with Crippen LogP contribution in [0.2, 0.25) is 0 Å². The largest absolute Gasteiger partial charge is 0.461 e. The van der Waals surface area contributed by atoms with E-state index < -0.39 is 0 Å². The monoisotopic (exact) mass is 400 g/mol. The fraction of sp³-hybridized carbons (Fsp3) is 0.880. The van der Waals surface area contributed by atoms with Crippen molar-refractivity contribution in [3.05, 3.63) is 11.6 Å². The van der Waals surface area contributed by atoms with Gasteiger partial charge in [0.05, 0.1) is 5.92 Å². The first kappa shape index (κ1) is 20.1. The van der Waals surface area contributed by atoms with Gasteiger partial charge in [0.2, 0.25) is 0 Å². The average molecular weight is 401 g/mol. The van der Waals surface area contributed by atoms with Crippen molar-refractivity contribution in [3.63, 3.8) is 0 Å². The van der Waals surface area contributed by atoms with Crippen molar-refractivity contribution in [3.8, 4) is 0 Å². The number of likely N-dealkylation sites (tertiary alicyclic amines) is 2. The second kappa shape index (κ2) is 8.00. The zero-order valence-electron chi connectivity index (χ0n) is 18.6. The molecule has 1 saturated carbocycles. The third-order valence-electron chi connectivity index (χ3n) is 9.00. The van der Waals surface area contributed by atoms with Crippen LogP contribution in [-0.2, 0) is 9.53 Å². The Morgan fingerprint density at radius 2 is 1.83 bits per heavy atom. The number of hydrogen-bond acceptors (Lipinski definition) is 4. The number of esters is 1. The number of carbonyl (C=O) groups excluding carboxylic acids is 1. The highest BCUT2D eigenvalue weighted by Crippen LogP contribution is 2.54. The molecule has 4 nitrogen and oxygen atoms in total. The third kappa shape index (κ3) is 3.80. The van der Waals surface area contributed by atoms with Crippen LogP contribution in [0.15, 0.2) is 11.6 Å². The van der Waals surface area contributed by atoms with Gasteiger partial charge in [0, 0.05) is 18.5 Å². The van der Waals surface area contributed by atoms with Gasteiger partial charge < -0.3 is 14.5 Å². The quantitative estimate of drug-likeness (QED) is 0.524. The van der Waals surface area contributed by atoms with Gasteiger partial charge in [-0.25, -0.2) is 0 Å². The smallest absolute Gasteiger partial charge is 0.311 e. The summed E-state index contributed by atoms with van der Waals surface area (Å²) >= 11 is 0. The lowest BCUT2D eigenvalue weighted by Gasteiger charge is -2.46. The summed E-state index contributed by atoms with van der Waals surface area (Å²) < 4.78 is 5.97. The first-order valence-electron chi connectivity index (χ1n) is 12.4. The number of hydrogen-bond donors (Lipinski definition) is 0. The highest BCUT2D eigenvalue weighted by atomic mass is 16.6. The van der Waals surface area contributed by atoms with E-state index in [0.717, 1.165) is 32.1 Å². The summed E-state index contributed by atoms with van der Waals surface area (Å²) in [5, 5.41) is 0. The highest BCUT2D eigenvalue weighted by molar-refractivity contribution is 5.76. The van der Waals surface area contributed by atoms with Crippen molar-refractivity contribution in [2.75, 3.05) is 32.7 Å². The van der Waals surface area contributed by atoms with Crippen LogP contribution in [0.3, 0.4) is 0 Å². The van der Waals surface area contributed by atoms with Crippen molar-refractivity contribution < 1.29 is 9.53 Å². The summed E-state index contributed by atoms with van der Waals surface area (Å²) in [5.74, 6) is 1.11. The number of rotatable bonds is 3. The van der Waals surface area contributed by atoms with Gasteiger partial charge in [-0.3, -0.25) is 4.79 Å². The second-order valence-electron chi connectivity index (χ2n) is 11.0. The molecule has 5 aliphatic rings. The Balaban J connectivity index is 1.23. The van der Waals surface area contributed by atoms with Crippen molar-refractivity contribution in [2.45, 2.75) is 83.8 Å². The summed E-state index contributed by atoms with van der Waals surface area (Å²) in [6.07, 6.45) is 14.3.